The van der Waals surface area contributed by atoms with Crippen LogP contribution < -0.4 is 4.74 Å². The fraction of sp³-hybridized carbons (Fsp3) is 0.615. The predicted molar refractivity (Wildman–Crippen MR) is 123 cm³/mol. The van der Waals surface area contributed by atoms with Crippen LogP contribution in [0.3, 0.4) is 0 Å². The molecule has 0 atom stereocenters. The monoisotopic (exact) mass is 414 g/mol. The molecule has 0 aliphatic carbocycles. The van der Waals surface area contributed by atoms with Crippen molar-refractivity contribution in [2.75, 3.05) is 6.61 Å². The van der Waals surface area contributed by atoms with Gasteiger partial charge in [-0.05, 0) is 37.5 Å². The number of aromatic nitrogens is 2. The molecule has 1 heterocycles. The molecule has 0 unspecified atom stereocenters. The molecular formula is C26H39FN2O. The zero-order chi connectivity index (χ0) is 21.4. The largest absolute Gasteiger partial charge is 0.491 e. The average molecular weight is 415 g/mol. The van der Waals surface area contributed by atoms with Crippen LogP contribution in [0.25, 0.3) is 11.3 Å². The van der Waals surface area contributed by atoms with E-state index < -0.39 is 0 Å². The third-order valence-corrected chi connectivity index (χ3v) is 5.47. The maximum absolute atomic E-state index is 14.4. The smallest absolute Gasteiger partial charge is 0.165 e. The molecule has 3 nitrogen and oxygen atoms in total. The number of rotatable bonds is 16. The standard InChI is InChI=1S/C26H39FN2O/c1-3-5-7-9-10-11-12-13-15-23-20-29-25(21-28-23)22-16-17-26(24(27)19-22)30-18-14-8-6-4-2/h16-17,19-21H,3-15,18H2,1-2H3. The molecule has 1 aromatic carbocycles. The number of hydrogen-bond acceptors (Lipinski definition) is 3. The molecule has 30 heavy (non-hydrogen) atoms. The number of unbranched alkanes of at least 4 members (excludes halogenated alkanes) is 10. The third kappa shape index (κ3) is 9.23. The summed E-state index contributed by atoms with van der Waals surface area (Å²) >= 11 is 0. The van der Waals surface area contributed by atoms with E-state index in [2.05, 4.69) is 23.8 Å². The molecule has 0 aliphatic heterocycles. The summed E-state index contributed by atoms with van der Waals surface area (Å²) in [5.74, 6) is -0.0256. The summed E-state index contributed by atoms with van der Waals surface area (Å²) < 4.78 is 19.9. The lowest BCUT2D eigenvalue weighted by molar-refractivity contribution is 0.290. The van der Waals surface area contributed by atoms with Crippen LogP contribution in [-0.2, 0) is 6.42 Å². The number of aryl methyl sites for hydroxylation is 1. The quantitative estimate of drug-likeness (QED) is 0.262. The first kappa shape index (κ1) is 24.3. The Morgan fingerprint density at radius 3 is 2.07 bits per heavy atom. The fourth-order valence-corrected chi connectivity index (χ4v) is 3.56. The van der Waals surface area contributed by atoms with E-state index in [4.69, 9.17) is 4.74 Å². The summed E-state index contributed by atoms with van der Waals surface area (Å²) in [4.78, 5) is 9.02. The minimum Gasteiger partial charge on any atom is -0.491 e. The van der Waals surface area contributed by atoms with E-state index in [9.17, 15) is 4.39 Å². The first-order chi connectivity index (χ1) is 14.7. The number of hydrogen-bond donors (Lipinski definition) is 0. The van der Waals surface area contributed by atoms with Crippen molar-refractivity contribution in [3.05, 3.63) is 42.1 Å². The maximum atomic E-state index is 14.4. The molecule has 1 aromatic heterocycles. The van der Waals surface area contributed by atoms with E-state index in [1.165, 1.54) is 63.9 Å². The Morgan fingerprint density at radius 2 is 1.43 bits per heavy atom. The minimum absolute atomic E-state index is 0.314. The molecule has 166 valence electrons. The number of halogens is 1. The lowest BCUT2D eigenvalue weighted by Crippen LogP contribution is -2.00. The van der Waals surface area contributed by atoms with E-state index in [-0.39, 0.29) is 5.82 Å². The summed E-state index contributed by atoms with van der Waals surface area (Å²) in [7, 11) is 0. The SMILES string of the molecule is CCCCCCCCCCc1cnc(-c2ccc(OCCCCCC)c(F)c2)cn1. The number of nitrogens with zero attached hydrogens (tertiary/aromatic N) is 2. The summed E-state index contributed by atoms with van der Waals surface area (Å²) in [6, 6.07) is 5.04. The Kier molecular flexibility index (Phi) is 12.1. The van der Waals surface area contributed by atoms with Crippen molar-refractivity contribution in [1.29, 1.82) is 0 Å². The summed E-state index contributed by atoms with van der Waals surface area (Å²) in [5.41, 5.74) is 2.44. The lowest BCUT2D eigenvalue weighted by atomic mass is 10.1. The Morgan fingerprint density at radius 1 is 0.767 bits per heavy atom. The third-order valence-electron chi connectivity index (χ3n) is 5.47. The van der Waals surface area contributed by atoms with Gasteiger partial charge in [-0.1, -0.05) is 78.1 Å². The summed E-state index contributed by atoms with van der Waals surface area (Å²) in [6.07, 6.45) is 19.4. The highest BCUT2D eigenvalue weighted by Gasteiger charge is 2.08. The molecular weight excluding hydrogens is 375 g/mol. The van der Waals surface area contributed by atoms with Gasteiger partial charge in [0.1, 0.15) is 0 Å². The molecule has 0 N–H and O–H groups in total. The van der Waals surface area contributed by atoms with Gasteiger partial charge in [-0.25, -0.2) is 4.39 Å². The molecule has 0 fully saturated rings. The first-order valence-corrected chi connectivity index (χ1v) is 12.0. The minimum atomic E-state index is -0.340. The van der Waals surface area contributed by atoms with Crippen molar-refractivity contribution in [1.82, 2.24) is 9.97 Å². The van der Waals surface area contributed by atoms with Gasteiger partial charge in [-0.15, -0.1) is 0 Å². The van der Waals surface area contributed by atoms with Crippen molar-refractivity contribution < 1.29 is 9.13 Å². The highest BCUT2D eigenvalue weighted by Crippen LogP contribution is 2.24. The summed E-state index contributed by atoms with van der Waals surface area (Å²) in [5, 5.41) is 0. The van der Waals surface area contributed by atoms with Crippen LogP contribution in [0.2, 0.25) is 0 Å². The van der Waals surface area contributed by atoms with Crippen LogP contribution in [0.5, 0.6) is 5.75 Å². The molecule has 0 bridgehead atoms. The van der Waals surface area contributed by atoms with Crippen molar-refractivity contribution in [3.8, 4) is 17.0 Å². The topological polar surface area (TPSA) is 35.0 Å². The second kappa shape index (κ2) is 14.9. The number of ether oxygens (including phenoxy) is 1. The van der Waals surface area contributed by atoms with E-state index in [0.29, 0.717) is 18.1 Å². The van der Waals surface area contributed by atoms with Gasteiger partial charge in [0.25, 0.3) is 0 Å². The molecule has 0 saturated heterocycles. The van der Waals surface area contributed by atoms with Crippen LogP contribution in [0.15, 0.2) is 30.6 Å². The van der Waals surface area contributed by atoms with Crippen LogP contribution in [0.4, 0.5) is 4.39 Å². The van der Waals surface area contributed by atoms with Gasteiger partial charge in [-0.3, -0.25) is 9.97 Å². The zero-order valence-electron chi connectivity index (χ0n) is 19.0. The van der Waals surface area contributed by atoms with Crippen molar-refractivity contribution >= 4 is 0 Å². The molecule has 2 rings (SSSR count). The summed E-state index contributed by atoms with van der Waals surface area (Å²) in [6.45, 7) is 4.98. The molecule has 2 aromatic rings. The maximum Gasteiger partial charge on any atom is 0.165 e. The van der Waals surface area contributed by atoms with Gasteiger partial charge >= 0.3 is 0 Å². The van der Waals surface area contributed by atoms with Crippen molar-refractivity contribution in [2.45, 2.75) is 97.3 Å². The zero-order valence-corrected chi connectivity index (χ0v) is 19.0. The van der Waals surface area contributed by atoms with Gasteiger partial charge in [0, 0.05) is 11.8 Å². The second-order valence-corrected chi connectivity index (χ2v) is 8.17. The van der Waals surface area contributed by atoms with Gasteiger partial charge in [0.2, 0.25) is 0 Å². The van der Waals surface area contributed by atoms with Gasteiger partial charge in [0.05, 0.1) is 24.2 Å². The van der Waals surface area contributed by atoms with Crippen LogP contribution in [0, 0.1) is 5.82 Å². The highest BCUT2D eigenvalue weighted by atomic mass is 19.1. The molecule has 0 saturated carbocycles. The predicted octanol–water partition coefficient (Wildman–Crippen LogP) is 7.93. The second-order valence-electron chi connectivity index (χ2n) is 8.17. The Hall–Kier alpha value is -1.97. The van der Waals surface area contributed by atoms with Gasteiger partial charge in [0.15, 0.2) is 11.6 Å². The van der Waals surface area contributed by atoms with Crippen molar-refractivity contribution in [2.24, 2.45) is 0 Å². The van der Waals surface area contributed by atoms with Gasteiger partial charge < -0.3 is 4.74 Å². The Labute approximate surface area is 182 Å². The molecule has 0 spiro atoms. The van der Waals surface area contributed by atoms with Crippen LogP contribution >= 0.6 is 0 Å². The van der Waals surface area contributed by atoms with E-state index in [1.54, 1.807) is 12.3 Å². The van der Waals surface area contributed by atoms with E-state index in [0.717, 1.165) is 36.9 Å². The average Bonchev–Trinajstić information content (AvgIpc) is 2.77. The van der Waals surface area contributed by atoms with E-state index in [1.807, 2.05) is 12.3 Å². The number of benzene rings is 1. The fourth-order valence-electron chi connectivity index (χ4n) is 3.56. The lowest BCUT2D eigenvalue weighted by Gasteiger charge is -2.09. The highest BCUT2D eigenvalue weighted by molar-refractivity contribution is 5.59. The Bertz CT molecular complexity index is 703. The molecule has 0 aliphatic rings. The molecule has 0 amide bonds. The first-order valence-electron chi connectivity index (χ1n) is 12.0. The van der Waals surface area contributed by atoms with Gasteiger partial charge in [-0.2, -0.15) is 0 Å². The molecule has 0 radical (unpaired) electrons. The molecule has 4 heteroatoms. The van der Waals surface area contributed by atoms with E-state index >= 15 is 0 Å². The van der Waals surface area contributed by atoms with Crippen LogP contribution in [-0.4, -0.2) is 16.6 Å². The van der Waals surface area contributed by atoms with Crippen molar-refractivity contribution in [3.63, 3.8) is 0 Å². The van der Waals surface area contributed by atoms with Crippen LogP contribution in [0.1, 0.15) is 96.6 Å². The normalized spacial score (nSPS) is 11.0. The Balaban J connectivity index is 1.74.